The van der Waals surface area contributed by atoms with E-state index in [1.165, 1.54) is 12.1 Å². The molecule has 0 aliphatic rings. The monoisotopic (exact) mass is 260 g/mol. The van der Waals surface area contributed by atoms with Crippen molar-refractivity contribution in [3.63, 3.8) is 0 Å². The van der Waals surface area contributed by atoms with Crippen LogP contribution in [0.1, 0.15) is 5.69 Å². The third-order valence-corrected chi connectivity index (χ3v) is 2.66. The second kappa shape index (κ2) is 5.34. The first-order valence-electron chi connectivity index (χ1n) is 5.56. The number of nitrogens with two attached hydrogens (primary N) is 1. The van der Waals surface area contributed by atoms with Crippen molar-refractivity contribution in [2.45, 2.75) is 0 Å². The number of oxime groups is 1. The van der Waals surface area contributed by atoms with E-state index in [1.807, 2.05) is 0 Å². The molecule has 0 atom stereocenters. The molecule has 0 aliphatic heterocycles. The van der Waals surface area contributed by atoms with Gasteiger partial charge in [0.15, 0.2) is 5.84 Å². The van der Waals surface area contributed by atoms with Crippen LogP contribution >= 0.6 is 0 Å². The summed E-state index contributed by atoms with van der Waals surface area (Å²) in [5, 5.41) is 11.5. The van der Waals surface area contributed by atoms with Crippen LogP contribution in [-0.2, 0) is 0 Å². The van der Waals surface area contributed by atoms with Crippen molar-refractivity contribution in [1.29, 1.82) is 0 Å². The highest BCUT2D eigenvalue weighted by Gasteiger charge is 2.08. The molecule has 0 fully saturated rings. The van der Waals surface area contributed by atoms with Crippen molar-refractivity contribution in [1.82, 2.24) is 4.98 Å². The molecule has 0 radical (unpaired) electrons. The number of anilines is 2. The minimum Gasteiger partial charge on any atom is -0.409 e. The number of nitrogens with zero attached hydrogens (tertiary/aromatic N) is 3. The number of rotatable bonds is 3. The lowest BCUT2D eigenvalue weighted by atomic mass is 10.2. The van der Waals surface area contributed by atoms with Gasteiger partial charge in [-0.25, -0.2) is 9.37 Å². The quantitative estimate of drug-likeness (QED) is 0.383. The van der Waals surface area contributed by atoms with E-state index in [0.29, 0.717) is 11.5 Å². The molecule has 0 saturated heterocycles. The molecule has 0 amide bonds. The first-order chi connectivity index (χ1) is 9.11. The molecule has 6 heteroatoms. The molecule has 98 valence electrons. The van der Waals surface area contributed by atoms with Crippen molar-refractivity contribution in [3.8, 4) is 0 Å². The number of halogens is 1. The lowest BCUT2D eigenvalue weighted by Crippen LogP contribution is -2.18. The van der Waals surface area contributed by atoms with Gasteiger partial charge in [0, 0.05) is 12.7 Å². The van der Waals surface area contributed by atoms with E-state index in [1.54, 1.807) is 42.3 Å². The minimum atomic E-state index is -0.296. The van der Waals surface area contributed by atoms with Gasteiger partial charge in [0.2, 0.25) is 0 Å². The highest BCUT2D eigenvalue weighted by molar-refractivity contribution is 5.95. The number of pyridine rings is 1. The Bertz CT molecular complexity index is 598. The maximum Gasteiger partial charge on any atom is 0.188 e. The molecular weight excluding hydrogens is 247 g/mol. The van der Waals surface area contributed by atoms with Crippen LogP contribution in [0.4, 0.5) is 15.9 Å². The summed E-state index contributed by atoms with van der Waals surface area (Å²) in [7, 11) is 1.80. The second-order valence-electron chi connectivity index (χ2n) is 3.90. The molecule has 1 aromatic heterocycles. The molecule has 0 spiro atoms. The van der Waals surface area contributed by atoms with Gasteiger partial charge in [0.05, 0.1) is 0 Å². The molecule has 0 saturated carbocycles. The zero-order chi connectivity index (χ0) is 13.8. The van der Waals surface area contributed by atoms with Gasteiger partial charge in [-0.15, -0.1) is 0 Å². The van der Waals surface area contributed by atoms with Crippen LogP contribution < -0.4 is 10.6 Å². The van der Waals surface area contributed by atoms with Crippen LogP contribution in [-0.4, -0.2) is 23.1 Å². The number of amidine groups is 1. The SMILES string of the molecule is CN(c1ccc(F)cc1)c1cccc(C(N)=NO)n1. The van der Waals surface area contributed by atoms with E-state index >= 15 is 0 Å². The standard InChI is InChI=1S/C13H13FN4O/c1-18(10-7-5-9(14)6-8-10)12-4-2-3-11(16-12)13(15)17-19/h2-8,19H,1H3,(H2,15,17). The van der Waals surface area contributed by atoms with Crippen molar-refractivity contribution in [2.24, 2.45) is 10.9 Å². The Morgan fingerprint density at radius 3 is 2.58 bits per heavy atom. The van der Waals surface area contributed by atoms with Gasteiger partial charge in [-0.2, -0.15) is 0 Å². The van der Waals surface area contributed by atoms with E-state index in [9.17, 15) is 4.39 Å². The fraction of sp³-hybridized carbons (Fsp3) is 0.0769. The molecule has 2 aromatic rings. The summed E-state index contributed by atoms with van der Waals surface area (Å²) in [4.78, 5) is 6.03. The number of benzene rings is 1. The van der Waals surface area contributed by atoms with Gasteiger partial charge >= 0.3 is 0 Å². The van der Waals surface area contributed by atoms with Crippen molar-refractivity contribution < 1.29 is 9.60 Å². The Labute approximate surface area is 109 Å². The fourth-order valence-electron chi connectivity index (χ4n) is 1.60. The molecule has 1 aromatic carbocycles. The third kappa shape index (κ3) is 2.79. The van der Waals surface area contributed by atoms with E-state index in [-0.39, 0.29) is 11.7 Å². The molecule has 2 rings (SSSR count). The zero-order valence-corrected chi connectivity index (χ0v) is 10.3. The van der Waals surface area contributed by atoms with E-state index in [4.69, 9.17) is 10.9 Å². The Hall–Kier alpha value is -2.63. The Morgan fingerprint density at radius 2 is 1.95 bits per heavy atom. The molecule has 0 unspecified atom stereocenters. The maximum atomic E-state index is 12.9. The van der Waals surface area contributed by atoms with Gasteiger partial charge in [-0.05, 0) is 36.4 Å². The average molecular weight is 260 g/mol. The summed E-state index contributed by atoms with van der Waals surface area (Å²) in [6.45, 7) is 0. The smallest absolute Gasteiger partial charge is 0.188 e. The summed E-state index contributed by atoms with van der Waals surface area (Å²) in [6.07, 6.45) is 0. The van der Waals surface area contributed by atoms with Crippen molar-refractivity contribution >= 4 is 17.3 Å². The van der Waals surface area contributed by atoms with Crippen LogP contribution in [0.25, 0.3) is 0 Å². The molecule has 3 N–H and O–H groups in total. The normalized spacial score (nSPS) is 11.4. The largest absolute Gasteiger partial charge is 0.409 e. The van der Waals surface area contributed by atoms with Gasteiger partial charge in [0.25, 0.3) is 0 Å². The van der Waals surface area contributed by atoms with Crippen LogP contribution in [0.3, 0.4) is 0 Å². The predicted octanol–water partition coefficient (Wildman–Crippen LogP) is 2.08. The van der Waals surface area contributed by atoms with Gasteiger partial charge in [-0.3, -0.25) is 0 Å². The highest BCUT2D eigenvalue weighted by Crippen LogP contribution is 2.21. The maximum absolute atomic E-state index is 12.9. The lowest BCUT2D eigenvalue weighted by Gasteiger charge is -2.18. The molecule has 0 aliphatic carbocycles. The molecule has 1 heterocycles. The van der Waals surface area contributed by atoms with E-state index < -0.39 is 0 Å². The van der Waals surface area contributed by atoms with Crippen LogP contribution in [0.2, 0.25) is 0 Å². The van der Waals surface area contributed by atoms with Crippen LogP contribution in [0.5, 0.6) is 0 Å². The molecule has 5 nitrogen and oxygen atoms in total. The molecular formula is C13H13FN4O. The lowest BCUT2D eigenvalue weighted by molar-refractivity contribution is 0.318. The van der Waals surface area contributed by atoms with Gasteiger partial charge < -0.3 is 15.8 Å². The predicted molar refractivity (Wildman–Crippen MR) is 71.2 cm³/mol. The average Bonchev–Trinajstić information content (AvgIpc) is 2.46. The van der Waals surface area contributed by atoms with Crippen LogP contribution in [0.15, 0.2) is 47.6 Å². The fourth-order valence-corrected chi connectivity index (χ4v) is 1.60. The second-order valence-corrected chi connectivity index (χ2v) is 3.90. The Kier molecular flexibility index (Phi) is 3.61. The van der Waals surface area contributed by atoms with Gasteiger partial charge in [-0.1, -0.05) is 11.2 Å². The summed E-state index contributed by atoms with van der Waals surface area (Å²) in [5.74, 6) is 0.251. The highest BCUT2D eigenvalue weighted by atomic mass is 19.1. The number of aromatic nitrogens is 1. The van der Waals surface area contributed by atoms with Gasteiger partial charge in [0.1, 0.15) is 17.3 Å². The first kappa shape index (κ1) is 12.8. The summed E-state index contributed by atoms with van der Waals surface area (Å²) >= 11 is 0. The summed E-state index contributed by atoms with van der Waals surface area (Å²) < 4.78 is 12.9. The topological polar surface area (TPSA) is 74.7 Å². The first-order valence-corrected chi connectivity index (χ1v) is 5.56. The summed E-state index contributed by atoms with van der Waals surface area (Å²) in [5.41, 5.74) is 6.64. The van der Waals surface area contributed by atoms with Crippen molar-refractivity contribution in [3.05, 3.63) is 54.0 Å². The number of hydrogen-bond acceptors (Lipinski definition) is 4. The molecule has 0 bridgehead atoms. The van der Waals surface area contributed by atoms with Crippen molar-refractivity contribution in [2.75, 3.05) is 11.9 Å². The Morgan fingerprint density at radius 1 is 1.26 bits per heavy atom. The van der Waals surface area contributed by atoms with E-state index in [0.717, 1.165) is 5.69 Å². The molecule has 19 heavy (non-hydrogen) atoms. The third-order valence-electron chi connectivity index (χ3n) is 2.66. The zero-order valence-electron chi connectivity index (χ0n) is 10.3. The Balaban J connectivity index is 2.33. The van der Waals surface area contributed by atoms with Crippen LogP contribution in [0, 0.1) is 5.82 Å². The summed E-state index contributed by atoms with van der Waals surface area (Å²) in [6, 6.07) is 11.2. The minimum absolute atomic E-state index is 0.0608. The van der Waals surface area contributed by atoms with E-state index in [2.05, 4.69) is 10.1 Å². The number of hydrogen-bond donors (Lipinski definition) is 2.